The zero-order valence-electron chi connectivity index (χ0n) is 12.3. The molecule has 0 bridgehead atoms. The van der Waals surface area contributed by atoms with Gasteiger partial charge in [-0.25, -0.2) is 4.98 Å². The van der Waals surface area contributed by atoms with Crippen molar-refractivity contribution in [3.05, 3.63) is 11.3 Å². The lowest BCUT2D eigenvalue weighted by atomic mass is 10.1. The molecule has 1 fully saturated rings. The van der Waals surface area contributed by atoms with Crippen LogP contribution in [-0.2, 0) is 17.8 Å². The zero-order chi connectivity index (χ0) is 13.8. The van der Waals surface area contributed by atoms with E-state index in [4.69, 9.17) is 14.7 Å². The van der Waals surface area contributed by atoms with E-state index in [1.807, 2.05) is 0 Å². The molecule has 1 saturated heterocycles. The SMILES string of the molecule is CCNc1nc(N2CCCCCC2)nc2c1COCC2. The summed E-state index contributed by atoms with van der Waals surface area (Å²) in [6.07, 6.45) is 6.06. The fourth-order valence-corrected chi connectivity index (χ4v) is 2.94. The highest BCUT2D eigenvalue weighted by Crippen LogP contribution is 2.26. The van der Waals surface area contributed by atoms with Crippen molar-refractivity contribution in [2.24, 2.45) is 0 Å². The molecular formula is C15H24N4O. The van der Waals surface area contributed by atoms with Crippen LogP contribution in [0.4, 0.5) is 11.8 Å². The topological polar surface area (TPSA) is 50.3 Å². The minimum Gasteiger partial charge on any atom is -0.376 e. The molecule has 0 aromatic carbocycles. The third-order valence-electron chi connectivity index (χ3n) is 4.04. The largest absolute Gasteiger partial charge is 0.376 e. The Hall–Kier alpha value is -1.36. The van der Waals surface area contributed by atoms with Crippen LogP contribution in [0.2, 0.25) is 0 Å². The van der Waals surface area contributed by atoms with Gasteiger partial charge in [0.15, 0.2) is 0 Å². The van der Waals surface area contributed by atoms with E-state index in [2.05, 4.69) is 17.1 Å². The highest BCUT2D eigenvalue weighted by molar-refractivity contribution is 5.51. The van der Waals surface area contributed by atoms with E-state index in [-0.39, 0.29) is 0 Å². The molecule has 0 unspecified atom stereocenters. The van der Waals surface area contributed by atoms with E-state index in [9.17, 15) is 0 Å². The summed E-state index contributed by atoms with van der Waals surface area (Å²) < 4.78 is 5.55. The van der Waals surface area contributed by atoms with Crippen molar-refractivity contribution in [1.82, 2.24) is 9.97 Å². The normalized spacial score (nSPS) is 19.4. The zero-order valence-corrected chi connectivity index (χ0v) is 12.3. The van der Waals surface area contributed by atoms with E-state index in [1.54, 1.807) is 0 Å². The predicted octanol–water partition coefficient (Wildman–Crippen LogP) is 2.36. The van der Waals surface area contributed by atoms with Crippen LogP contribution in [0.5, 0.6) is 0 Å². The molecule has 0 amide bonds. The first-order chi connectivity index (χ1) is 9.88. The first-order valence-electron chi connectivity index (χ1n) is 7.85. The third kappa shape index (κ3) is 2.87. The van der Waals surface area contributed by atoms with Gasteiger partial charge in [0.2, 0.25) is 5.95 Å². The Kier molecular flexibility index (Phi) is 4.35. The molecule has 2 aliphatic rings. The van der Waals surface area contributed by atoms with Crippen molar-refractivity contribution in [1.29, 1.82) is 0 Å². The number of hydrogen-bond donors (Lipinski definition) is 1. The second-order valence-electron chi connectivity index (χ2n) is 5.53. The van der Waals surface area contributed by atoms with E-state index in [1.165, 1.54) is 31.4 Å². The van der Waals surface area contributed by atoms with Gasteiger partial charge in [0, 0.05) is 31.6 Å². The Labute approximate surface area is 120 Å². The fraction of sp³-hybridized carbons (Fsp3) is 0.733. The van der Waals surface area contributed by atoms with Crippen molar-refractivity contribution in [2.45, 2.75) is 45.6 Å². The summed E-state index contributed by atoms with van der Waals surface area (Å²) in [5.74, 6) is 1.87. The molecule has 1 aromatic rings. The number of anilines is 2. The van der Waals surface area contributed by atoms with Crippen LogP contribution in [0, 0.1) is 0 Å². The summed E-state index contributed by atoms with van der Waals surface area (Å²) in [5.41, 5.74) is 2.32. The lowest BCUT2D eigenvalue weighted by molar-refractivity contribution is 0.109. The maximum atomic E-state index is 5.55. The van der Waals surface area contributed by atoms with Gasteiger partial charge < -0.3 is 15.0 Å². The molecule has 3 rings (SSSR count). The van der Waals surface area contributed by atoms with Gasteiger partial charge in [0.25, 0.3) is 0 Å². The van der Waals surface area contributed by atoms with Crippen LogP contribution in [0.3, 0.4) is 0 Å². The van der Waals surface area contributed by atoms with Crippen molar-refractivity contribution in [2.75, 3.05) is 36.5 Å². The van der Waals surface area contributed by atoms with Gasteiger partial charge in [-0.05, 0) is 19.8 Å². The highest BCUT2D eigenvalue weighted by atomic mass is 16.5. The summed E-state index contributed by atoms with van der Waals surface area (Å²) in [5, 5.41) is 3.37. The van der Waals surface area contributed by atoms with Crippen LogP contribution in [0.15, 0.2) is 0 Å². The Balaban J connectivity index is 1.91. The maximum Gasteiger partial charge on any atom is 0.227 e. The molecule has 1 N–H and O–H groups in total. The molecule has 20 heavy (non-hydrogen) atoms. The van der Waals surface area contributed by atoms with Gasteiger partial charge in [-0.3, -0.25) is 0 Å². The number of nitrogens with one attached hydrogen (secondary N) is 1. The molecule has 0 spiro atoms. The summed E-state index contributed by atoms with van der Waals surface area (Å²) >= 11 is 0. The molecule has 0 atom stereocenters. The molecule has 2 aliphatic heterocycles. The van der Waals surface area contributed by atoms with E-state index >= 15 is 0 Å². The molecule has 110 valence electrons. The number of fused-ring (bicyclic) bond motifs is 1. The second kappa shape index (κ2) is 6.39. The van der Waals surface area contributed by atoms with Crippen molar-refractivity contribution in [3.8, 4) is 0 Å². The minimum absolute atomic E-state index is 0.637. The Morgan fingerprint density at radius 2 is 1.95 bits per heavy atom. The van der Waals surface area contributed by atoms with Gasteiger partial charge in [-0.2, -0.15) is 4.98 Å². The number of rotatable bonds is 3. The van der Waals surface area contributed by atoms with Gasteiger partial charge in [-0.1, -0.05) is 12.8 Å². The quantitative estimate of drug-likeness (QED) is 0.918. The number of hydrogen-bond acceptors (Lipinski definition) is 5. The maximum absolute atomic E-state index is 5.55. The Morgan fingerprint density at radius 3 is 2.70 bits per heavy atom. The average molecular weight is 276 g/mol. The molecular weight excluding hydrogens is 252 g/mol. The van der Waals surface area contributed by atoms with Crippen LogP contribution >= 0.6 is 0 Å². The van der Waals surface area contributed by atoms with E-state index in [0.29, 0.717) is 6.61 Å². The lowest BCUT2D eigenvalue weighted by Crippen LogP contribution is -2.28. The monoisotopic (exact) mass is 276 g/mol. The molecule has 5 heteroatoms. The van der Waals surface area contributed by atoms with Crippen molar-refractivity contribution < 1.29 is 4.74 Å². The van der Waals surface area contributed by atoms with Crippen LogP contribution in [-0.4, -0.2) is 36.2 Å². The highest BCUT2D eigenvalue weighted by Gasteiger charge is 2.21. The minimum atomic E-state index is 0.637. The average Bonchev–Trinajstić information content (AvgIpc) is 2.76. The summed E-state index contributed by atoms with van der Waals surface area (Å²) in [7, 11) is 0. The number of ether oxygens (including phenoxy) is 1. The molecule has 0 saturated carbocycles. The van der Waals surface area contributed by atoms with Crippen molar-refractivity contribution in [3.63, 3.8) is 0 Å². The van der Waals surface area contributed by atoms with Crippen LogP contribution in [0.1, 0.15) is 43.9 Å². The van der Waals surface area contributed by atoms with E-state index < -0.39 is 0 Å². The number of nitrogens with zero attached hydrogens (tertiary/aromatic N) is 3. The second-order valence-corrected chi connectivity index (χ2v) is 5.53. The summed E-state index contributed by atoms with van der Waals surface area (Å²) in [6, 6.07) is 0. The first kappa shape index (κ1) is 13.6. The van der Waals surface area contributed by atoms with Gasteiger partial charge in [-0.15, -0.1) is 0 Å². The predicted molar refractivity (Wildman–Crippen MR) is 80.2 cm³/mol. The standard InChI is InChI=1S/C15H24N4O/c1-2-16-14-12-11-20-10-7-13(12)17-15(18-14)19-8-5-3-4-6-9-19/h2-11H2,1H3,(H,16,17,18). The van der Waals surface area contributed by atoms with Crippen molar-refractivity contribution >= 4 is 11.8 Å². The van der Waals surface area contributed by atoms with E-state index in [0.717, 1.165) is 50.0 Å². The molecule has 1 aromatic heterocycles. The Morgan fingerprint density at radius 1 is 1.15 bits per heavy atom. The molecule has 5 nitrogen and oxygen atoms in total. The number of aromatic nitrogens is 2. The third-order valence-corrected chi connectivity index (χ3v) is 4.04. The van der Waals surface area contributed by atoms with Gasteiger partial charge >= 0.3 is 0 Å². The molecule has 0 radical (unpaired) electrons. The molecule has 0 aliphatic carbocycles. The van der Waals surface area contributed by atoms with Crippen LogP contribution < -0.4 is 10.2 Å². The summed E-state index contributed by atoms with van der Waals surface area (Å²) in [6.45, 7) is 6.56. The first-order valence-corrected chi connectivity index (χ1v) is 7.85. The lowest BCUT2D eigenvalue weighted by Gasteiger charge is -2.25. The van der Waals surface area contributed by atoms with Gasteiger partial charge in [0.05, 0.1) is 18.9 Å². The Bertz CT molecular complexity index is 455. The smallest absolute Gasteiger partial charge is 0.227 e. The van der Waals surface area contributed by atoms with Gasteiger partial charge in [0.1, 0.15) is 5.82 Å². The summed E-state index contributed by atoms with van der Waals surface area (Å²) in [4.78, 5) is 11.9. The van der Waals surface area contributed by atoms with Crippen LogP contribution in [0.25, 0.3) is 0 Å². The fourth-order valence-electron chi connectivity index (χ4n) is 2.94. The molecule has 3 heterocycles.